The topological polar surface area (TPSA) is 84.9 Å². The monoisotopic (exact) mass is 402 g/mol. The molecule has 1 atom stereocenters. The lowest BCUT2D eigenvalue weighted by molar-refractivity contribution is -0.125. The number of benzene rings is 1. The average molecular weight is 402 g/mol. The lowest BCUT2D eigenvalue weighted by Gasteiger charge is -2.32. The van der Waals surface area contributed by atoms with Crippen molar-refractivity contribution in [3.05, 3.63) is 40.3 Å². The number of hydrogen-bond donors (Lipinski definition) is 1. The van der Waals surface area contributed by atoms with Crippen LogP contribution in [-0.2, 0) is 14.3 Å². The zero-order valence-electron chi connectivity index (χ0n) is 16.2. The maximum atomic E-state index is 12.5. The Kier molecular flexibility index (Phi) is 5.69. The fraction of sp³-hybridized carbons (Fsp3) is 0.350. The van der Waals surface area contributed by atoms with Crippen LogP contribution >= 0.6 is 11.3 Å². The lowest BCUT2D eigenvalue weighted by atomic mass is 10.1. The van der Waals surface area contributed by atoms with Gasteiger partial charge in [-0.15, -0.1) is 11.3 Å². The minimum absolute atomic E-state index is 0.0867. The van der Waals surface area contributed by atoms with Gasteiger partial charge in [0.1, 0.15) is 10.8 Å². The molecule has 0 fully saturated rings. The summed E-state index contributed by atoms with van der Waals surface area (Å²) in [7, 11) is 1.31. The molecular formula is C20H22N2O5S. The van der Waals surface area contributed by atoms with Crippen LogP contribution in [0.3, 0.4) is 0 Å². The van der Waals surface area contributed by atoms with Gasteiger partial charge in [0.2, 0.25) is 5.91 Å². The molecule has 2 aromatic rings. The van der Waals surface area contributed by atoms with E-state index in [0.29, 0.717) is 22.0 Å². The Morgan fingerprint density at radius 1 is 1.29 bits per heavy atom. The summed E-state index contributed by atoms with van der Waals surface area (Å²) in [5.41, 5.74) is 1.81. The van der Waals surface area contributed by atoms with Crippen molar-refractivity contribution < 1.29 is 23.9 Å². The largest absolute Gasteiger partial charge is 0.479 e. The molecule has 1 N–H and O–H groups in total. The van der Waals surface area contributed by atoms with E-state index in [0.717, 1.165) is 10.4 Å². The molecule has 1 aliphatic rings. The van der Waals surface area contributed by atoms with Gasteiger partial charge < -0.3 is 19.7 Å². The minimum Gasteiger partial charge on any atom is -0.479 e. The summed E-state index contributed by atoms with van der Waals surface area (Å²) in [5, 5.41) is 3.25. The summed E-state index contributed by atoms with van der Waals surface area (Å²) in [6.45, 7) is 5.60. The molecule has 0 spiro atoms. The molecule has 7 nitrogen and oxygen atoms in total. The van der Waals surface area contributed by atoms with Crippen molar-refractivity contribution >= 4 is 39.8 Å². The van der Waals surface area contributed by atoms with Gasteiger partial charge >= 0.3 is 5.97 Å². The zero-order chi connectivity index (χ0) is 20.4. The van der Waals surface area contributed by atoms with Crippen LogP contribution in [0, 0.1) is 13.8 Å². The Labute approximate surface area is 167 Å². The highest BCUT2D eigenvalue weighted by molar-refractivity contribution is 7.16. The summed E-state index contributed by atoms with van der Waals surface area (Å²) < 4.78 is 10.4. The number of amides is 2. The van der Waals surface area contributed by atoms with Crippen molar-refractivity contribution in [1.82, 2.24) is 0 Å². The fourth-order valence-electron chi connectivity index (χ4n) is 3.05. The molecule has 8 heteroatoms. The van der Waals surface area contributed by atoms with E-state index in [4.69, 9.17) is 9.47 Å². The van der Waals surface area contributed by atoms with E-state index in [2.05, 4.69) is 5.32 Å². The molecule has 0 saturated carbocycles. The second-order valence-electron chi connectivity index (χ2n) is 6.49. The number of anilines is 2. The molecule has 0 aliphatic carbocycles. The van der Waals surface area contributed by atoms with E-state index < -0.39 is 12.1 Å². The quantitative estimate of drug-likeness (QED) is 0.776. The Bertz CT molecular complexity index is 937. The number of methoxy groups -OCH3 is 1. The highest BCUT2D eigenvalue weighted by Gasteiger charge is 2.31. The number of thiophene rings is 1. The molecule has 1 aliphatic heterocycles. The van der Waals surface area contributed by atoms with Gasteiger partial charge in [-0.05, 0) is 38.5 Å². The van der Waals surface area contributed by atoms with E-state index in [9.17, 15) is 14.4 Å². The lowest BCUT2D eigenvalue weighted by Crippen LogP contribution is -2.45. The summed E-state index contributed by atoms with van der Waals surface area (Å²) >= 11 is 1.33. The first-order valence-corrected chi connectivity index (χ1v) is 9.70. The van der Waals surface area contributed by atoms with Gasteiger partial charge in [-0.2, -0.15) is 0 Å². The molecule has 28 heavy (non-hydrogen) atoms. The zero-order valence-corrected chi connectivity index (χ0v) is 17.0. The van der Waals surface area contributed by atoms with E-state index >= 15 is 0 Å². The van der Waals surface area contributed by atoms with Crippen molar-refractivity contribution in [3.63, 3.8) is 0 Å². The number of hydrogen-bond acceptors (Lipinski definition) is 6. The van der Waals surface area contributed by atoms with Gasteiger partial charge in [0, 0.05) is 17.8 Å². The molecule has 1 unspecified atom stereocenters. The van der Waals surface area contributed by atoms with Crippen LogP contribution < -0.4 is 15.0 Å². The Hall–Kier alpha value is -2.87. The first-order chi connectivity index (χ1) is 13.3. The van der Waals surface area contributed by atoms with Crippen LogP contribution in [0.5, 0.6) is 5.75 Å². The van der Waals surface area contributed by atoms with E-state index in [1.807, 2.05) is 26.0 Å². The number of carbonyl (C=O) groups is 3. The highest BCUT2D eigenvalue weighted by atomic mass is 32.1. The first-order valence-electron chi connectivity index (χ1n) is 8.88. The van der Waals surface area contributed by atoms with Crippen molar-refractivity contribution in [2.75, 3.05) is 23.9 Å². The normalized spacial score (nSPS) is 15.6. The second-order valence-corrected chi connectivity index (χ2v) is 7.72. The number of nitrogens with one attached hydrogen (secondary N) is 1. The van der Waals surface area contributed by atoms with Crippen LogP contribution in [0.1, 0.15) is 34.1 Å². The second kappa shape index (κ2) is 8.02. The highest BCUT2D eigenvalue weighted by Crippen LogP contribution is 2.35. The van der Waals surface area contributed by atoms with Gasteiger partial charge in [-0.1, -0.05) is 12.1 Å². The molecule has 2 amide bonds. The summed E-state index contributed by atoms with van der Waals surface area (Å²) in [6.07, 6.45) is -0.518. The van der Waals surface area contributed by atoms with Gasteiger partial charge in [0.25, 0.3) is 5.91 Å². The third-order valence-corrected chi connectivity index (χ3v) is 5.79. The van der Waals surface area contributed by atoms with Gasteiger partial charge in [0.15, 0.2) is 6.10 Å². The maximum Gasteiger partial charge on any atom is 0.341 e. The number of esters is 1. The van der Waals surface area contributed by atoms with E-state index in [-0.39, 0.29) is 24.8 Å². The molecule has 0 radical (unpaired) electrons. The molecule has 1 aromatic heterocycles. The van der Waals surface area contributed by atoms with Gasteiger partial charge in [-0.3, -0.25) is 9.59 Å². The Balaban J connectivity index is 1.73. The number of aryl methyl sites for hydroxylation is 1. The van der Waals surface area contributed by atoms with E-state index in [1.165, 1.54) is 18.4 Å². The standard InChI is InChI=1S/C20H22N2O5S/c1-11-13(3)28-18(17(11)20(25)26-4)21-16(23)9-10-22-14-7-5-6-8-15(14)27-12(2)19(22)24/h5-8,12H,9-10H2,1-4H3,(H,21,23). The van der Waals surface area contributed by atoms with Crippen molar-refractivity contribution in [2.24, 2.45) is 0 Å². The SMILES string of the molecule is COC(=O)c1c(NC(=O)CCN2C(=O)C(C)Oc3ccccc32)sc(C)c1C. The van der Waals surface area contributed by atoms with Crippen LogP contribution in [0.15, 0.2) is 24.3 Å². The number of rotatable bonds is 5. The first kappa shape index (κ1) is 19.9. The van der Waals surface area contributed by atoms with Crippen molar-refractivity contribution in [2.45, 2.75) is 33.3 Å². The molecular weight excluding hydrogens is 380 g/mol. The summed E-state index contributed by atoms with van der Waals surface area (Å²) in [6, 6.07) is 7.24. The average Bonchev–Trinajstić information content (AvgIpc) is 2.95. The molecule has 2 heterocycles. The van der Waals surface area contributed by atoms with Crippen molar-refractivity contribution in [3.8, 4) is 5.75 Å². The van der Waals surface area contributed by atoms with Crippen LogP contribution in [0.4, 0.5) is 10.7 Å². The summed E-state index contributed by atoms with van der Waals surface area (Å²) in [4.78, 5) is 39.5. The summed E-state index contributed by atoms with van der Waals surface area (Å²) in [5.74, 6) is -0.337. The fourth-order valence-corrected chi connectivity index (χ4v) is 4.12. The predicted molar refractivity (Wildman–Crippen MR) is 107 cm³/mol. The number of fused-ring (bicyclic) bond motifs is 1. The molecule has 1 aromatic carbocycles. The number of nitrogens with zero attached hydrogens (tertiary/aromatic N) is 1. The third-order valence-electron chi connectivity index (χ3n) is 4.66. The molecule has 0 saturated heterocycles. The van der Waals surface area contributed by atoms with Crippen LogP contribution in [-0.4, -0.2) is 37.5 Å². The smallest absolute Gasteiger partial charge is 0.341 e. The number of ether oxygens (including phenoxy) is 2. The van der Waals surface area contributed by atoms with Gasteiger partial charge in [0.05, 0.1) is 18.4 Å². The van der Waals surface area contributed by atoms with Gasteiger partial charge in [-0.25, -0.2) is 4.79 Å². The van der Waals surface area contributed by atoms with Crippen LogP contribution in [0.25, 0.3) is 0 Å². The molecule has 0 bridgehead atoms. The Morgan fingerprint density at radius 2 is 2.00 bits per heavy atom. The predicted octanol–water partition coefficient (Wildman–Crippen LogP) is 3.29. The number of carbonyl (C=O) groups excluding carboxylic acids is 3. The molecule has 148 valence electrons. The van der Waals surface area contributed by atoms with E-state index in [1.54, 1.807) is 24.0 Å². The molecule has 3 rings (SSSR count). The Morgan fingerprint density at radius 3 is 2.71 bits per heavy atom. The minimum atomic E-state index is -0.605. The van der Waals surface area contributed by atoms with Crippen LogP contribution in [0.2, 0.25) is 0 Å². The van der Waals surface area contributed by atoms with Crippen molar-refractivity contribution in [1.29, 1.82) is 0 Å². The maximum absolute atomic E-state index is 12.5. The number of para-hydroxylation sites is 2. The third kappa shape index (κ3) is 3.73.